The van der Waals surface area contributed by atoms with E-state index in [-0.39, 0.29) is 0 Å². The normalized spacial score (nSPS) is 19.5. The van der Waals surface area contributed by atoms with Crippen molar-refractivity contribution in [1.82, 2.24) is 0 Å². The molecular weight excluding hydrogens is 247 g/mol. The van der Waals surface area contributed by atoms with Gasteiger partial charge < -0.3 is 0 Å². The zero-order valence-electron chi connectivity index (χ0n) is 11.3. The van der Waals surface area contributed by atoms with Gasteiger partial charge in [-0.3, -0.25) is 0 Å². The first-order valence-electron chi connectivity index (χ1n) is 6.63. The van der Waals surface area contributed by atoms with Gasteiger partial charge in [0.05, 0.1) is 0 Å². The highest BCUT2D eigenvalue weighted by Crippen LogP contribution is 2.46. The Kier molecular flexibility index (Phi) is 3.36. The van der Waals surface area contributed by atoms with Crippen LogP contribution < -0.4 is 0 Å². The van der Waals surface area contributed by atoms with Crippen LogP contribution in [0.1, 0.15) is 30.6 Å². The zero-order chi connectivity index (χ0) is 13.2. The Bertz CT molecular complexity index is 636. The molecule has 1 aliphatic heterocycles. The lowest BCUT2D eigenvalue weighted by atomic mass is 9.94. The van der Waals surface area contributed by atoms with Crippen LogP contribution in [0.3, 0.4) is 0 Å². The summed E-state index contributed by atoms with van der Waals surface area (Å²) >= 11 is 0. The quantitative estimate of drug-likeness (QED) is 0.641. The third kappa shape index (κ3) is 2.29. The molecular formula is C18H17P. The summed E-state index contributed by atoms with van der Waals surface area (Å²) in [6, 6.07) is 21.6. The fourth-order valence-corrected chi connectivity index (χ4v) is 4.24. The van der Waals surface area contributed by atoms with Gasteiger partial charge in [0.25, 0.3) is 0 Å². The molecule has 0 amide bonds. The Morgan fingerprint density at radius 2 is 1.37 bits per heavy atom. The summed E-state index contributed by atoms with van der Waals surface area (Å²) in [6.07, 6.45) is 0. The van der Waals surface area contributed by atoms with Gasteiger partial charge in [-0.05, 0) is 41.4 Å². The lowest BCUT2D eigenvalue weighted by Crippen LogP contribution is -1.95. The van der Waals surface area contributed by atoms with Crippen LogP contribution in [0.2, 0.25) is 0 Å². The summed E-state index contributed by atoms with van der Waals surface area (Å²) in [5, 5.41) is 1.48. The van der Waals surface area contributed by atoms with Crippen LogP contribution in [0.15, 0.2) is 66.2 Å². The van der Waals surface area contributed by atoms with Crippen LogP contribution in [0.25, 0.3) is 5.57 Å². The fourth-order valence-electron chi connectivity index (χ4n) is 2.78. The highest BCUT2D eigenvalue weighted by atomic mass is 31.1. The molecule has 1 unspecified atom stereocenters. The number of hydrogen-bond donors (Lipinski definition) is 0. The predicted molar refractivity (Wildman–Crippen MR) is 85.8 cm³/mol. The molecule has 2 aromatic carbocycles. The van der Waals surface area contributed by atoms with Crippen molar-refractivity contribution in [3.8, 4) is 0 Å². The highest BCUT2D eigenvalue weighted by molar-refractivity contribution is 7.44. The molecule has 2 aromatic rings. The second kappa shape index (κ2) is 5.15. The highest BCUT2D eigenvalue weighted by Gasteiger charge is 2.23. The second-order valence-electron chi connectivity index (χ2n) is 4.95. The van der Waals surface area contributed by atoms with Crippen LogP contribution >= 0.6 is 8.20 Å². The molecule has 0 N–H and O–H groups in total. The van der Waals surface area contributed by atoms with E-state index in [1.165, 1.54) is 35.8 Å². The standard InChI is InChI=1S/C18H17P/c1-13-17(15-9-5-3-6-10-15)14(2)19-18(13)16-11-7-4-8-12-16/h3-12,18H,1-2H3. The van der Waals surface area contributed by atoms with Crippen LogP contribution in [-0.4, -0.2) is 5.29 Å². The number of allylic oxidation sites excluding steroid dienone is 2. The fraction of sp³-hybridized carbons (Fsp3) is 0.167. The van der Waals surface area contributed by atoms with E-state index in [0.29, 0.717) is 5.66 Å². The molecule has 3 rings (SSSR count). The van der Waals surface area contributed by atoms with E-state index in [9.17, 15) is 0 Å². The molecule has 0 saturated carbocycles. The van der Waals surface area contributed by atoms with Crippen LogP contribution in [0.4, 0.5) is 0 Å². The number of hydrogen-bond acceptors (Lipinski definition) is 0. The van der Waals surface area contributed by atoms with Crippen molar-refractivity contribution in [2.75, 3.05) is 0 Å². The van der Waals surface area contributed by atoms with Crippen molar-refractivity contribution in [3.63, 3.8) is 0 Å². The van der Waals surface area contributed by atoms with Crippen molar-refractivity contribution >= 4 is 19.1 Å². The van der Waals surface area contributed by atoms with Crippen LogP contribution in [-0.2, 0) is 0 Å². The molecule has 0 fully saturated rings. The van der Waals surface area contributed by atoms with Gasteiger partial charge in [-0.25, -0.2) is 0 Å². The number of benzene rings is 2. The molecule has 94 valence electrons. The summed E-state index contributed by atoms with van der Waals surface area (Å²) < 4.78 is 0. The second-order valence-corrected chi connectivity index (χ2v) is 6.40. The van der Waals surface area contributed by atoms with Gasteiger partial charge in [-0.1, -0.05) is 68.9 Å². The maximum absolute atomic E-state index is 2.28. The van der Waals surface area contributed by atoms with E-state index in [4.69, 9.17) is 0 Å². The summed E-state index contributed by atoms with van der Waals surface area (Å²) in [5.41, 5.74) is 6.25. The molecule has 0 radical (unpaired) electrons. The van der Waals surface area contributed by atoms with E-state index >= 15 is 0 Å². The lowest BCUT2D eigenvalue weighted by molar-refractivity contribution is 1.12. The Labute approximate surface area is 116 Å². The van der Waals surface area contributed by atoms with E-state index < -0.39 is 0 Å². The molecule has 0 bridgehead atoms. The molecule has 0 saturated heterocycles. The van der Waals surface area contributed by atoms with Crippen LogP contribution in [0, 0.1) is 0 Å². The minimum absolute atomic E-state index is 0.524. The largest absolute Gasteiger partial charge is 0.0878 e. The maximum atomic E-state index is 2.28. The molecule has 0 nitrogen and oxygen atoms in total. The van der Waals surface area contributed by atoms with E-state index in [2.05, 4.69) is 74.5 Å². The van der Waals surface area contributed by atoms with E-state index in [1.807, 2.05) is 0 Å². The predicted octanol–water partition coefficient (Wildman–Crippen LogP) is 5.35. The minimum Gasteiger partial charge on any atom is -0.0878 e. The molecule has 0 aliphatic carbocycles. The molecule has 1 aliphatic rings. The Morgan fingerprint density at radius 3 is 2.00 bits per heavy atom. The molecule has 1 heterocycles. The van der Waals surface area contributed by atoms with Crippen molar-refractivity contribution in [3.05, 3.63) is 77.4 Å². The third-order valence-corrected chi connectivity index (χ3v) is 5.22. The Hall–Kier alpha value is -1.65. The molecule has 19 heavy (non-hydrogen) atoms. The number of rotatable bonds is 2. The summed E-state index contributed by atoms with van der Waals surface area (Å²) in [7, 11) is 1.43. The van der Waals surface area contributed by atoms with Gasteiger partial charge in [0, 0.05) is 5.66 Å². The van der Waals surface area contributed by atoms with Gasteiger partial charge in [-0.15, -0.1) is 0 Å². The summed E-state index contributed by atoms with van der Waals surface area (Å²) in [4.78, 5) is 0. The summed E-state index contributed by atoms with van der Waals surface area (Å²) in [6.45, 7) is 4.54. The van der Waals surface area contributed by atoms with Crippen molar-refractivity contribution in [1.29, 1.82) is 0 Å². The topological polar surface area (TPSA) is 0 Å². The Morgan fingerprint density at radius 1 is 0.789 bits per heavy atom. The first kappa shape index (κ1) is 12.4. The monoisotopic (exact) mass is 264 g/mol. The maximum Gasteiger partial charge on any atom is 0.0477 e. The summed E-state index contributed by atoms with van der Waals surface area (Å²) in [5.74, 6) is 0. The Balaban J connectivity index is 2.07. The van der Waals surface area contributed by atoms with Crippen molar-refractivity contribution in [2.24, 2.45) is 0 Å². The van der Waals surface area contributed by atoms with Crippen molar-refractivity contribution < 1.29 is 0 Å². The van der Waals surface area contributed by atoms with E-state index in [1.54, 1.807) is 0 Å². The van der Waals surface area contributed by atoms with Crippen LogP contribution in [0.5, 0.6) is 0 Å². The molecule has 0 spiro atoms. The van der Waals surface area contributed by atoms with Gasteiger partial charge >= 0.3 is 0 Å². The zero-order valence-corrected chi connectivity index (χ0v) is 12.2. The average Bonchev–Trinajstić information content (AvgIpc) is 2.76. The lowest BCUT2D eigenvalue weighted by Gasteiger charge is -2.11. The molecule has 1 atom stereocenters. The van der Waals surface area contributed by atoms with Gasteiger partial charge in [0.2, 0.25) is 0 Å². The van der Waals surface area contributed by atoms with E-state index in [0.717, 1.165) is 0 Å². The van der Waals surface area contributed by atoms with Gasteiger partial charge in [-0.2, -0.15) is 0 Å². The smallest absolute Gasteiger partial charge is 0.0477 e. The SMILES string of the molecule is CC1=PC(c2ccccc2)C(C)=C1c1ccccc1. The first-order chi connectivity index (χ1) is 9.27. The average molecular weight is 264 g/mol. The van der Waals surface area contributed by atoms with Gasteiger partial charge in [0.1, 0.15) is 0 Å². The third-order valence-electron chi connectivity index (χ3n) is 3.67. The molecule has 0 aromatic heterocycles. The van der Waals surface area contributed by atoms with Gasteiger partial charge in [0.15, 0.2) is 0 Å². The van der Waals surface area contributed by atoms with Crippen molar-refractivity contribution in [2.45, 2.75) is 19.5 Å². The molecule has 1 heteroatoms. The minimum atomic E-state index is 0.524. The first-order valence-corrected chi connectivity index (χ1v) is 7.59.